The van der Waals surface area contributed by atoms with E-state index in [4.69, 9.17) is 4.74 Å². The highest BCUT2D eigenvalue weighted by atomic mass is 16.5. The molecule has 0 radical (unpaired) electrons. The molecule has 166 valence electrons. The van der Waals surface area contributed by atoms with Crippen LogP contribution in [0.25, 0.3) is 5.76 Å². The number of carbonyl (C=O) groups is 3. The van der Waals surface area contributed by atoms with E-state index in [0.717, 1.165) is 0 Å². The molecule has 4 rings (SSSR count). The number of hydrogen-bond acceptors (Lipinski definition) is 6. The first kappa shape index (κ1) is 22.0. The van der Waals surface area contributed by atoms with Crippen LogP contribution in [0.15, 0.2) is 84.7 Å². The van der Waals surface area contributed by atoms with Gasteiger partial charge in [-0.3, -0.25) is 19.5 Å². The number of hydrogen-bond donors (Lipinski definition) is 1. The maximum Gasteiger partial charge on any atom is 0.338 e. The molecule has 7 heteroatoms. The van der Waals surface area contributed by atoms with Gasteiger partial charge in [0.05, 0.1) is 23.3 Å². The standard InChI is InChI=1S/C26H22N2O5/c1-16(2)33-26(32)18-10-6-12-20(14-18)28-22(19-11-7-13-27-15-19)21(24(30)25(28)31)23(29)17-8-4-3-5-9-17/h3-16,22,29H,1-2H3/b23-21+. The number of aliphatic hydroxyl groups is 1. The largest absolute Gasteiger partial charge is 0.507 e. The number of aromatic nitrogens is 1. The van der Waals surface area contributed by atoms with Crippen molar-refractivity contribution in [3.05, 3.63) is 101 Å². The molecule has 1 amide bonds. The molecule has 1 unspecified atom stereocenters. The Balaban J connectivity index is 1.87. The lowest BCUT2D eigenvalue weighted by atomic mass is 9.96. The van der Waals surface area contributed by atoms with E-state index in [0.29, 0.717) is 16.8 Å². The van der Waals surface area contributed by atoms with Gasteiger partial charge >= 0.3 is 5.97 Å². The zero-order chi connectivity index (χ0) is 23.5. The SMILES string of the molecule is CC(C)OC(=O)c1cccc(N2C(=O)C(=O)/C(=C(/O)c3ccccc3)C2c2cccnc2)c1. The number of ether oxygens (including phenoxy) is 1. The second-order valence-electron chi connectivity index (χ2n) is 7.83. The van der Waals surface area contributed by atoms with Crippen LogP contribution < -0.4 is 4.90 Å². The van der Waals surface area contributed by atoms with Gasteiger partial charge in [0.1, 0.15) is 5.76 Å². The van der Waals surface area contributed by atoms with E-state index in [1.165, 1.54) is 11.0 Å². The van der Waals surface area contributed by atoms with Gasteiger partial charge in [0.15, 0.2) is 0 Å². The molecule has 1 atom stereocenters. The van der Waals surface area contributed by atoms with Crippen molar-refractivity contribution in [1.82, 2.24) is 4.98 Å². The van der Waals surface area contributed by atoms with Crippen molar-refractivity contribution in [2.24, 2.45) is 0 Å². The molecule has 2 aromatic carbocycles. The number of aliphatic hydroxyl groups excluding tert-OH is 1. The Hall–Kier alpha value is -4.26. The van der Waals surface area contributed by atoms with Crippen LogP contribution in [0.5, 0.6) is 0 Å². The fourth-order valence-electron chi connectivity index (χ4n) is 3.77. The summed E-state index contributed by atoms with van der Waals surface area (Å²) in [5.74, 6) is -2.44. The Morgan fingerprint density at radius 1 is 1.00 bits per heavy atom. The minimum atomic E-state index is -0.921. The van der Waals surface area contributed by atoms with Crippen LogP contribution in [-0.2, 0) is 14.3 Å². The third-order valence-electron chi connectivity index (χ3n) is 5.19. The number of Topliss-reactive ketones (excluding diaryl/α,β-unsaturated/α-hetero) is 1. The Bertz CT molecular complexity index is 1240. The monoisotopic (exact) mass is 442 g/mol. The number of nitrogens with zero attached hydrogens (tertiary/aromatic N) is 2. The van der Waals surface area contributed by atoms with Gasteiger partial charge in [-0.05, 0) is 43.7 Å². The number of anilines is 1. The van der Waals surface area contributed by atoms with E-state index in [1.807, 2.05) is 0 Å². The summed E-state index contributed by atoms with van der Waals surface area (Å²) in [6, 6.07) is 17.4. The molecule has 1 aliphatic rings. The van der Waals surface area contributed by atoms with Gasteiger partial charge in [0.25, 0.3) is 11.7 Å². The van der Waals surface area contributed by atoms with Crippen LogP contribution in [0.2, 0.25) is 0 Å². The molecule has 33 heavy (non-hydrogen) atoms. The lowest BCUT2D eigenvalue weighted by Gasteiger charge is -2.25. The average molecular weight is 442 g/mol. The summed E-state index contributed by atoms with van der Waals surface area (Å²) in [6.45, 7) is 3.48. The molecule has 0 spiro atoms. The van der Waals surface area contributed by atoms with Crippen LogP contribution >= 0.6 is 0 Å². The summed E-state index contributed by atoms with van der Waals surface area (Å²) in [7, 11) is 0. The summed E-state index contributed by atoms with van der Waals surface area (Å²) in [5.41, 5.74) is 1.49. The van der Waals surface area contributed by atoms with Crippen molar-refractivity contribution >= 4 is 29.1 Å². The number of pyridine rings is 1. The number of benzene rings is 2. The predicted molar refractivity (Wildman–Crippen MR) is 122 cm³/mol. The lowest BCUT2D eigenvalue weighted by molar-refractivity contribution is -0.132. The van der Waals surface area contributed by atoms with E-state index < -0.39 is 23.7 Å². The van der Waals surface area contributed by atoms with Gasteiger partial charge in [-0.15, -0.1) is 0 Å². The molecule has 2 heterocycles. The predicted octanol–water partition coefficient (Wildman–Crippen LogP) is 4.27. The van der Waals surface area contributed by atoms with Crippen molar-refractivity contribution in [2.45, 2.75) is 26.0 Å². The molecule has 1 N–H and O–H groups in total. The highest BCUT2D eigenvalue weighted by molar-refractivity contribution is 6.51. The van der Waals surface area contributed by atoms with Crippen molar-refractivity contribution in [1.29, 1.82) is 0 Å². The maximum absolute atomic E-state index is 13.2. The van der Waals surface area contributed by atoms with Gasteiger partial charge in [0, 0.05) is 23.6 Å². The first-order chi connectivity index (χ1) is 15.9. The molecule has 1 saturated heterocycles. The minimum Gasteiger partial charge on any atom is -0.507 e. The molecule has 3 aromatic rings. The van der Waals surface area contributed by atoms with Crippen LogP contribution in [0.3, 0.4) is 0 Å². The number of amides is 1. The molecule has 0 aliphatic carbocycles. The highest BCUT2D eigenvalue weighted by Gasteiger charge is 2.47. The molecule has 0 bridgehead atoms. The van der Waals surface area contributed by atoms with Crippen molar-refractivity contribution < 1.29 is 24.2 Å². The number of ketones is 1. The third-order valence-corrected chi connectivity index (χ3v) is 5.19. The van der Waals surface area contributed by atoms with E-state index in [9.17, 15) is 19.5 Å². The zero-order valence-electron chi connectivity index (χ0n) is 18.1. The van der Waals surface area contributed by atoms with E-state index in [-0.39, 0.29) is 23.0 Å². The van der Waals surface area contributed by atoms with Crippen LogP contribution in [0.1, 0.15) is 41.4 Å². The Morgan fingerprint density at radius 2 is 1.73 bits per heavy atom. The summed E-state index contributed by atoms with van der Waals surface area (Å²) < 4.78 is 5.26. The fraction of sp³-hybridized carbons (Fsp3) is 0.154. The van der Waals surface area contributed by atoms with Crippen molar-refractivity contribution in [2.75, 3.05) is 4.90 Å². The van der Waals surface area contributed by atoms with Gasteiger partial charge in [-0.25, -0.2) is 4.79 Å². The van der Waals surface area contributed by atoms with E-state index in [1.54, 1.807) is 86.9 Å². The molecular weight excluding hydrogens is 420 g/mol. The summed E-state index contributed by atoms with van der Waals surface area (Å²) in [4.78, 5) is 44.1. The second kappa shape index (κ2) is 9.08. The Morgan fingerprint density at radius 3 is 2.39 bits per heavy atom. The molecule has 0 saturated carbocycles. The van der Waals surface area contributed by atoms with Crippen molar-refractivity contribution in [3.8, 4) is 0 Å². The quantitative estimate of drug-likeness (QED) is 0.274. The first-order valence-corrected chi connectivity index (χ1v) is 10.5. The summed E-state index contributed by atoms with van der Waals surface area (Å²) in [5, 5.41) is 11.0. The normalized spacial score (nSPS) is 17.4. The van der Waals surface area contributed by atoms with Gasteiger partial charge < -0.3 is 9.84 Å². The molecule has 1 aromatic heterocycles. The molecule has 1 fully saturated rings. The fourth-order valence-corrected chi connectivity index (χ4v) is 3.77. The first-order valence-electron chi connectivity index (χ1n) is 10.5. The third kappa shape index (κ3) is 4.25. The Kier molecular flexibility index (Phi) is 6.04. The second-order valence-corrected chi connectivity index (χ2v) is 7.83. The van der Waals surface area contributed by atoms with Crippen molar-refractivity contribution in [3.63, 3.8) is 0 Å². The van der Waals surface area contributed by atoms with Crippen LogP contribution in [0, 0.1) is 0 Å². The Labute approximate surface area is 191 Å². The van der Waals surface area contributed by atoms with Gasteiger partial charge in [-0.1, -0.05) is 42.5 Å². The van der Waals surface area contributed by atoms with Crippen LogP contribution in [-0.4, -0.2) is 33.9 Å². The highest BCUT2D eigenvalue weighted by Crippen LogP contribution is 2.42. The number of esters is 1. The van der Waals surface area contributed by atoms with Gasteiger partial charge in [-0.2, -0.15) is 0 Å². The topological polar surface area (TPSA) is 96.8 Å². The maximum atomic E-state index is 13.2. The minimum absolute atomic E-state index is 0.0469. The van der Waals surface area contributed by atoms with E-state index >= 15 is 0 Å². The number of rotatable bonds is 5. The molecule has 1 aliphatic heterocycles. The lowest BCUT2D eigenvalue weighted by Crippen LogP contribution is -2.29. The summed E-state index contributed by atoms with van der Waals surface area (Å²) in [6.07, 6.45) is 2.81. The average Bonchev–Trinajstić information content (AvgIpc) is 3.10. The molecule has 7 nitrogen and oxygen atoms in total. The van der Waals surface area contributed by atoms with Crippen LogP contribution in [0.4, 0.5) is 5.69 Å². The van der Waals surface area contributed by atoms with E-state index in [2.05, 4.69) is 4.98 Å². The molecular formula is C26H22N2O5. The zero-order valence-corrected chi connectivity index (χ0v) is 18.1. The van der Waals surface area contributed by atoms with Gasteiger partial charge in [0.2, 0.25) is 0 Å². The summed E-state index contributed by atoms with van der Waals surface area (Å²) >= 11 is 0. The smallest absolute Gasteiger partial charge is 0.338 e. The number of carbonyl (C=O) groups excluding carboxylic acids is 3.